The highest BCUT2D eigenvalue weighted by Crippen LogP contribution is 2.42. The van der Waals surface area contributed by atoms with Crippen LogP contribution in [0.15, 0.2) is 36.5 Å². The normalized spacial score (nSPS) is 15.1. The standard InChI is InChI=1S/C13H10F2N2O3/c14-13(15)19-11-4-2-8(5-12(11)20-13)16-6-9-1-3-10(18)7-17-9/h1-5,7,16,18H,6H2. The number of fused-ring (bicyclic) bond motifs is 1. The number of nitrogens with zero attached hydrogens (tertiary/aromatic N) is 1. The molecule has 0 saturated carbocycles. The van der Waals surface area contributed by atoms with E-state index in [1.54, 1.807) is 12.1 Å². The summed E-state index contributed by atoms with van der Waals surface area (Å²) in [7, 11) is 0. The topological polar surface area (TPSA) is 63.6 Å². The van der Waals surface area contributed by atoms with Gasteiger partial charge in [0.05, 0.1) is 18.4 Å². The highest BCUT2D eigenvalue weighted by atomic mass is 19.3. The van der Waals surface area contributed by atoms with E-state index in [9.17, 15) is 8.78 Å². The average Bonchev–Trinajstić information content (AvgIpc) is 2.71. The average molecular weight is 280 g/mol. The molecule has 0 bridgehead atoms. The molecule has 0 spiro atoms. The predicted molar refractivity (Wildman–Crippen MR) is 65.9 cm³/mol. The van der Waals surface area contributed by atoms with Crippen LogP contribution in [0.5, 0.6) is 17.2 Å². The van der Waals surface area contributed by atoms with Crippen LogP contribution in [0.2, 0.25) is 0 Å². The minimum absolute atomic E-state index is 0.00306. The summed E-state index contributed by atoms with van der Waals surface area (Å²) >= 11 is 0. The molecule has 3 rings (SSSR count). The van der Waals surface area contributed by atoms with Crippen LogP contribution < -0.4 is 14.8 Å². The number of pyridine rings is 1. The lowest BCUT2D eigenvalue weighted by atomic mass is 10.2. The molecule has 104 valence electrons. The SMILES string of the molecule is Oc1ccc(CNc2ccc3c(c2)OC(F)(F)O3)nc1. The highest BCUT2D eigenvalue weighted by molar-refractivity contribution is 5.56. The van der Waals surface area contributed by atoms with Crippen LogP contribution in [0.3, 0.4) is 0 Å². The van der Waals surface area contributed by atoms with Crippen LogP contribution in [0, 0.1) is 0 Å². The molecule has 0 radical (unpaired) electrons. The van der Waals surface area contributed by atoms with Gasteiger partial charge in [-0.3, -0.25) is 4.98 Å². The molecule has 1 aliphatic heterocycles. The third kappa shape index (κ3) is 2.56. The van der Waals surface area contributed by atoms with Crippen molar-refractivity contribution in [2.75, 3.05) is 5.32 Å². The second kappa shape index (κ2) is 4.52. The number of anilines is 1. The molecule has 20 heavy (non-hydrogen) atoms. The molecule has 5 nitrogen and oxygen atoms in total. The second-order valence-corrected chi connectivity index (χ2v) is 4.19. The zero-order chi connectivity index (χ0) is 14.2. The van der Waals surface area contributed by atoms with Crippen molar-refractivity contribution < 1.29 is 23.4 Å². The Bertz CT molecular complexity index is 632. The summed E-state index contributed by atoms with van der Waals surface area (Å²) in [5, 5.41) is 12.1. The van der Waals surface area contributed by atoms with Gasteiger partial charge in [-0.05, 0) is 24.3 Å². The zero-order valence-electron chi connectivity index (χ0n) is 10.1. The molecular formula is C13H10F2N2O3. The van der Waals surface area contributed by atoms with E-state index in [1.807, 2.05) is 0 Å². The lowest BCUT2D eigenvalue weighted by Crippen LogP contribution is -2.25. The quantitative estimate of drug-likeness (QED) is 0.905. The maximum atomic E-state index is 12.9. The van der Waals surface area contributed by atoms with E-state index in [-0.39, 0.29) is 17.2 Å². The van der Waals surface area contributed by atoms with Crippen molar-refractivity contribution in [2.45, 2.75) is 12.8 Å². The molecule has 0 aliphatic carbocycles. The Labute approximate surface area is 112 Å². The number of benzene rings is 1. The number of rotatable bonds is 3. The molecule has 2 aromatic rings. The van der Waals surface area contributed by atoms with Gasteiger partial charge in [0.25, 0.3) is 0 Å². The Morgan fingerprint density at radius 3 is 2.70 bits per heavy atom. The van der Waals surface area contributed by atoms with E-state index in [0.717, 1.165) is 0 Å². The van der Waals surface area contributed by atoms with Crippen molar-refractivity contribution in [3.05, 3.63) is 42.2 Å². The predicted octanol–water partition coefficient (Wildman–Crippen LogP) is 2.72. The summed E-state index contributed by atoms with van der Waals surface area (Å²) in [5.41, 5.74) is 1.30. The lowest BCUT2D eigenvalue weighted by molar-refractivity contribution is -0.286. The first kappa shape index (κ1) is 12.5. The maximum absolute atomic E-state index is 12.9. The Balaban J connectivity index is 1.69. The second-order valence-electron chi connectivity index (χ2n) is 4.19. The van der Waals surface area contributed by atoms with Gasteiger partial charge in [0.1, 0.15) is 5.75 Å². The minimum Gasteiger partial charge on any atom is -0.506 e. The summed E-state index contributed by atoms with van der Waals surface area (Å²) in [6.45, 7) is 0.385. The van der Waals surface area contributed by atoms with Crippen LogP contribution >= 0.6 is 0 Å². The summed E-state index contributed by atoms with van der Waals surface area (Å²) in [4.78, 5) is 4.00. The van der Waals surface area contributed by atoms with E-state index in [1.165, 1.54) is 24.4 Å². The van der Waals surface area contributed by atoms with Crippen LogP contribution in [0.4, 0.5) is 14.5 Å². The first-order chi connectivity index (χ1) is 9.52. The molecule has 2 heterocycles. The number of ether oxygens (including phenoxy) is 2. The number of hydrogen-bond acceptors (Lipinski definition) is 5. The van der Waals surface area contributed by atoms with E-state index in [0.29, 0.717) is 17.9 Å². The van der Waals surface area contributed by atoms with Gasteiger partial charge in [-0.15, -0.1) is 8.78 Å². The van der Waals surface area contributed by atoms with Crippen molar-refractivity contribution >= 4 is 5.69 Å². The molecular weight excluding hydrogens is 270 g/mol. The number of aromatic nitrogens is 1. The number of alkyl halides is 2. The molecule has 1 aromatic carbocycles. The molecule has 7 heteroatoms. The van der Waals surface area contributed by atoms with E-state index in [4.69, 9.17) is 5.11 Å². The first-order valence-corrected chi connectivity index (χ1v) is 5.79. The van der Waals surface area contributed by atoms with Crippen LogP contribution in [0.1, 0.15) is 5.69 Å². The lowest BCUT2D eigenvalue weighted by Gasteiger charge is -2.06. The van der Waals surface area contributed by atoms with Gasteiger partial charge in [-0.2, -0.15) is 0 Å². The minimum atomic E-state index is -3.61. The molecule has 1 aromatic heterocycles. The van der Waals surface area contributed by atoms with E-state index < -0.39 is 6.29 Å². The van der Waals surface area contributed by atoms with Gasteiger partial charge in [0.15, 0.2) is 11.5 Å². The van der Waals surface area contributed by atoms with Gasteiger partial charge in [0.2, 0.25) is 0 Å². The number of halogens is 2. The molecule has 2 N–H and O–H groups in total. The first-order valence-electron chi connectivity index (χ1n) is 5.79. The Kier molecular flexibility index (Phi) is 2.81. The van der Waals surface area contributed by atoms with Crippen molar-refractivity contribution in [2.24, 2.45) is 0 Å². The number of aromatic hydroxyl groups is 1. The van der Waals surface area contributed by atoms with Crippen LogP contribution in [-0.4, -0.2) is 16.4 Å². The Hall–Kier alpha value is -2.57. The fourth-order valence-electron chi connectivity index (χ4n) is 1.77. The van der Waals surface area contributed by atoms with Gasteiger partial charge in [-0.1, -0.05) is 0 Å². The summed E-state index contributed by atoms with van der Waals surface area (Å²) in [6, 6.07) is 7.61. The molecule has 0 saturated heterocycles. The largest absolute Gasteiger partial charge is 0.586 e. The molecule has 0 fully saturated rings. The summed E-state index contributed by atoms with van der Waals surface area (Å²) < 4.78 is 34.4. The molecule has 1 aliphatic rings. The van der Waals surface area contributed by atoms with Gasteiger partial charge >= 0.3 is 6.29 Å². The summed E-state index contributed by atoms with van der Waals surface area (Å²) in [6.07, 6.45) is -2.28. The Morgan fingerprint density at radius 2 is 1.95 bits per heavy atom. The monoisotopic (exact) mass is 280 g/mol. The summed E-state index contributed by atoms with van der Waals surface area (Å²) in [5.74, 6) is 0.0704. The molecule has 0 unspecified atom stereocenters. The van der Waals surface area contributed by atoms with Crippen LogP contribution in [-0.2, 0) is 6.54 Å². The van der Waals surface area contributed by atoms with Crippen molar-refractivity contribution in [3.8, 4) is 17.2 Å². The maximum Gasteiger partial charge on any atom is 0.586 e. The fraction of sp³-hybridized carbons (Fsp3) is 0.154. The van der Waals surface area contributed by atoms with E-state index in [2.05, 4.69) is 19.8 Å². The molecule has 0 amide bonds. The smallest absolute Gasteiger partial charge is 0.506 e. The third-order valence-corrected chi connectivity index (χ3v) is 2.68. The zero-order valence-corrected chi connectivity index (χ0v) is 10.1. The van der Waals surface area contributed by atoms with Gasteiger partial charge in [-0.25, -0.2) is 0 Å². The van der Waals surface area contributed by atoms with Crippen molar-refractivity contribution in [1.82, 2.24) is 4.98 Å². The van der Waals surface area contributed by atoms with Crippen molar-refractivity contribution in [1.29, 1.82) is 0 Å². The molecule has 0 atom stereocenters. The fourth-order valence-corrected chi connectivity index (χ4v) is 1.77. The number of hydrogen-bond donors (Lipinski definition) is 2. The third-order valence-electron chi connectivity index (χ3n) is 2.68. The Morgan fingerprint density at radius 1 is 1.15 bits per heavy atom. The number of nitrogens with one attached hydrogen (secondary N) is 1. The van der Waals surface area contributed by atoms with Gasteiger partial charge in [0, 0.05) is 11.8 Å². The van der Waals surface area contributed by atoms with Gasteiger partial charge < -0.3 is 19.9 Å². The van der Waals surface area contributed by atoms with E-state index >= 15 is 0 Å². The van der Waals surface area contributed by atoms with Crippen LogP contribution in [0.25, 0.3) is 0 Å². The highest BCUT2D eigenvalue weighted by Gasteiger charge is 2.43. The van der Waals surface area contributed by atoms with Crippen molar-refractivity contribution in [3.63, 3.8) is 0 Å².